The highest BCUT2D eigenvalue weighted by molar-refractivity contribution is 7.90. The van der Waals surface area contributed by atoms with Crippen molar-refractivity contribution in [3.05, 3.63) is 36.0 Å². The number of sulfone groups is 1. The van der Waals surface area contributed by atoms with Crippen molar-refractivity contribution in [3.8, 4) is 5.75 Å². The zero-order valence-electron chi connectivity index (χ0n) is 12.8. The SMILES string of the molecule is COc1cc(S(C)(=O)=O)ccc1NC1=Nc2[nH]ccc2C(N)C1. The van der Waals surface area contributed by atoms with E-state index >= 15 is 0 Å². The van der Waals surface area contributed by atoms with E-state index in [4.69, 9.17) is 10.5 Å². The maximum Gasteiger partial charge on any atom is 0.175 e. The van der Waals surface area contributed by atoms with Crippen LogP contribution in [0.5, 0.6) is 5.75 Å². The third-order valence-corrected chi connectivity index (χ3v) is 4.81. The minimum atomic E-state index is -3.29. The van der Waals surface area contributed by atoms with Crippen LogP contribution in [-0.4, -0.2) is 32.6 Å². The molecule has 0 fully saturated rings. The van der Waals surface area contributed by atoms with E-state index in [0.29, 0.717) is 23.7 Å². The second-order valence-electron chi connectivity index (χ2n) is 5.41. The van der Waals surface area contributed by atoms with Gasteiger partial charge in [0.2, 0.25) is 0 Å². The molecule has 0 amide bonds. The van der Waals surface area contributed by atoms with Gasteiger partial charge in [-0.2, -0.15) is 0 Å². The fraction of sp³-hybridized carbons (Fsp3) is 0.267. The number of benzene rings is 1. The summed E-state index contributed by atoms with van der Waals surface area (Å²) >= 11 is 0. The number of hydrogen-bond acceptors (Lipinski definition) is 6. The summed E-state index contributed by atoms with van der Waals surface area (Å²) in [5, 5.41) is 3.17. The van der Waals surface area contributed by atoms with Gasteiger partial charge in [0.15, 0.2) is 9.84 Å². The summed E-state index contributed by atoms with van der Waals surface area (Å²) in [4.78, 5) is 7.74. The summed E-state index contributed by atoms with van der Waals surface area (Å²) in [5.41, 5.74) is 7.76. The highest BCUT2D eigenvalue weighted by Gasteiger charge is 2.21. The molecule has 1 aromatic carbocycles. The number of aliphatic imine (C=N–C) groups is 1. The molecule has 2 heterocycles. The van der Waals surface area contributed by atoms with Crippen molar-refractivity contribution in [2.45, 2.75) is 17.4 Å². The molecule has 0 aliphatic carbocycles. The van der Waals surface area contributed by atoms with E-state index in [9.17, 15) is 8.42 Å². The quantitative estimate of drug-likeness (QED) is 0.795. The highest BCUT2D eigenvalue weighted by Crippen LogP contribution is 2.32. The summed E-state index contributed by atoms with van der Waals surface area (Å²) in [6.45, 7) is 0. The minimum absolute atomic E-state index is 0.141. The molecule has 3 rings (SSSR count). The average Bonchev–Trinajstić information content (AvgIpc) is 2.95. The first-order valence-electron chi connectivity index (χ1n) is 7.04. The summed E-state index contributed by atoms with van der Waals surface area (Å²) in [5.74, 6) is 1.86. The van der Waals surface area contributed by atoms with Gasteiger partial charge in [0.25, 0.3) is 0 Å². The largest absolute Gasteiger partial charge is 0.495 e. The van der Waals surface area contributed by atoms with Crippen LogP contribution in [0.15, 0.2) is 40.4 Å². The molecule has 0 radical (unpaired) electrons. The molecular formula is C15H18N4O3S. The van der Waals surface area contributed by atoms with Gasteiger partial charge in [-0.05, 0) is 18.2 Å². The van der Waals surface area contributed by atoms with Crippen LogP contribution in [0, 0.1) is 0 Å². The van der Waals surface area contributed by atoms with Gasteiger partial charge < -0.3 is 20.8 Å². The normalized spacial score (nSPS) is 17.3. The van der Waals surface area contributed by atoms with Gasteiger partial charge in [-0.25, -0.2) is 13.4 Å². The van der Waals surface area contributed by atoms with Crippen LogP contribution >= 0.6 is 0 Å². The molecule has 0 bridgehead atoms. The van der Waals surface area contributed by atoms with Crippen LogP contribution in [0.1, 0.15) is 18.0 Å². The van der Waals surface area contributed by atoms with E-state index in [-0.39, 0.29) is 10.9 Å². The Bertz CT molecular complexity index is 871. The Labute approximate surface area is 134 Å². The van der Waals surface area contributed by atoms with E-state index in [1.165, 1.54) is 19.2 Å². The van der Waals surface area contributed by atoms with Crippen molar-refractivity contribution < 1.29 is 13.2 Å². The van der Waals surface area contributed by atoms with Gasteiger partial charge in [0.05, 0.1) is 17.7 Å². The van der Waals surface area contributed by atoms with Gasteiger partial charge in [-0.15, -0.1) is 0 Å². The van der Waals surface area contributed by atoms with Crippen LogP contribution in [0.3, 0.4) is 0 Å². The molecule has 0 saturated heterocycles. The maximum absolute atomic E-state index is 11.6. The summed E-state index contributed by atoms with van der Waals surface area (Å²) in [7, 11) is -1.80. The fourth-order valence-electron chi connectivity index (χ4n) is 2.51. The van der Waals surface area contributed by atoms with Gasteiger partial charge in [0.1, 0.15) is 17.4 Å². The minimum Gasteiger partial charge on any atom is -0.495 e. The number of aromatic nitrogens is 1. The zero-order valence-corrected chi connectivity index (χ0v) is 13.6. The molecule has 8 heteroatoms. The number of ether oxygens (including phenoxy) is 1. The van der Waals surface area contributed by atoms with E-state index < -0.39 is 9.84 Å². The second kappa shape index (κ2) is 5.71. The van der Waals surface area contributed by atoms with Crippen LogP contribution in [0.25, 0.3) is 0 Å². The lowest BCUT2D eigenvalue weighted by atomic mass is 10.0. The first-order chi connectivity index (χ1) is 10.9. The first-order valence-corrected chi connectivity index (χ1v) is 8.93. The van der Waals surface area contributed by atoms with Crippen molar-refractivity contribution in [1.29, 1.82) is 0 Å². The van der Waals surface area contributed by atoms with E-state index in [1.54, 1.807) is 12.3 Å². The third-order valence-electron chi connectivity index (χ3n) is 3.70. The molecule has 122 valence electrons. The van der Waals surface area contributed by atoms with E-state index in [0.717, 1.165) is 17.6 Å². The van der Waals surface area contributed by atoms with E-state index in [2.05, 4.69) is 15.3 Å². The number of amidine groups is 1. The number of nitrogens with zero attached hydrogens (tertiary/aromatic N) is 1. The van der Waals surface area contributed by atoms with Gasteiger partial charge in [-0.1, -0.05) is 0 Å². The monoisotopic (exact) mass is 334 g/mol. The predicted octanol–water partition coefficient (Wildman–Crippen LogP) is 1.97. The lowest BCUT2D eigenvalue weighted by molar-refractivity contribution is 0.415. The number of anilines is 1. The molecule has 4 N–H and O–H groups in total. The number of H-pyrrole nitrogens is 1. The predicted molar refractivity (Wildman–Crippen MR) is 89.2 cm³/mol. The van der Waals surface area contributed by atoms with Gasteiger partial charge in [-0.3, -0.25) is 0 Å². The number of hydrogen-bond donors (Lipinski definition) is 3. The molecule has 0 saturated carbocycles. The summed E-state index contributed by atoms with van der Waals surface area (Å²) < 4.78 is 28.5. The molecule has 1 unspecified atom stereocenters. The fourth-order valence-corrected chi connectivity index (χ4v) is 3.14. The molecule has 0 spiro atoms. The lowest BCUT2D eigenvalue weighted by Crippen LogP contribution is -2.23. The molecule has 7 nitrogen and oxygen atoms in total. The van der Waals surface area contributed by atoms with Crippen molar-refractivity contribution in [2.75, 3.05) is 18.7 Å². The Morgan fingerprint density at radius 1 is 1.39 bits per heavy atom. The zero-order chi connectivity index (χ0) is 16.6. The number of aromatic amines is 1. The summed E-state index contributed by atoms with van der Waals surface area (Å²) in [6, 6.07) is 6.46. The highest BCUT2D eigenvalue weighted by atomic mass is 32.2. The topological polar surface area (TPSA) is 110 Å². The van der Waals surface area contributed by atoms with Crippen LogP contribution < -0.4 is 15.8 Å². The smallest absolute Gasteiger partial charge is 0.175 e. The molecule has 2 aromatic rings. The van der Waals surface area contributed by atoms with Gasteiger partial charge >= 0.3 is 0 Å². The maximum atomic E-state index is 11.6. The Hall–Kier alpha value is -2.32. The number of fused-ring (bicyclic) bond motifs is 1. The second-order valence-corrected chi connectivity index (χ2v) is 7.43. The van der Waals surface area contributed by atoms with E-state index in [1.807, 2.05) is 6.07 Å². The van der Waals surface area contributed by atoms with Gasteiger partial charge in [0, 0.05) is 36.5 Å². The number of nitrogens with one attached hydrogen (secondary N) is 2. The number of rotatable bonds is 3. The van der Waals surface area contributed by atoms with Crippen LogP contribution in [0.4, 0.5) is 11.5 Å². The van der Waals surface area contributed by atoms with Crippen molar-refractivity contribution >= 4 is 27.2 Å². The lowest BCUT2D eigenvalue weighted by Gasteiger charge is -2.20. The van der Waals surface area contributed by atoms with Crippen LogP contribution in [-0.2, 0) is 9.84 Å². The standard InChI is InChI=1S/C15H18N4O3S/c1-22-13-7-9(23(2,20)21)3-4-12(13)18-14-8-11(16)10-5-6-17-15(10)19-14/h3-7,11,17H,8,16H2,1-2H3,(H,18,19). The van der Waals surface area contributed by atoms with Crippen molar-refractivity contribution in [2.24, 2.45) is 10.7 Å². The molecule has 1 aliphatic heterocycles. The summed E-state index contributed by atoms with van der Waals surface area (Å²) in [6.07, 6.45) is 3.52. The molecular weight excluding hydrogens is 316 g/mol. The number of methoxy groups -OCH3 is 1. The molecule has 23 heavy (non-hydrogen) atoms. The third kappa shape index (κ3) is 3.08. The molecule has 1 aromatic heterocycles. The Balaban J connectivity index is 1.92. The Morgan fingerprint density at radius 2 is 2.17 bits per heavy atom. The first kappa shape index (κ1) is 15.6. The molecule has 1 aliphatic rings. The number of nitrogens with two attached hydrogens (primary N) is 1. The molecule has 1 atom stereocenters. The van der Waals surface area contributed by atoms with Crippen molar-refractivity contribution in [3.63, 3.8) is 0 Å². The van der Waals surface area contributed by atoms with Crippen LogP contribution in [0.2, 0.25) is 0 Å². The average molecular weight is 334 g/mol. The van der Waals surface area contributed by atoms with Crippen molar-refractivity contribution in [1.82, 2.24) is 4.98 Å². The Morgan fingerprint density at radius 3 is 2.87 bits per heavy atom. The Kier molecular flexibility index (Phi) is 3.87.